The highest BCUT2D eigenvalue weighted by Gasteiger charge is 2.31. The fraction of sp³-hybridized carbons (Fsp3) is 0.235. The number of rotatable bonds is 4. The molecule has 0 fully saturated rings. The van der Waals surface area contributed by atoms with Crippen molar-refractivity contribution in [2.75, 3.05) is 24.3 Å². The molecule has 0 aliphatic rings. The summed E-state index contributed by atoms with van der Waals surface area (Å²) in [5, 5.41) is 2.47. The number of hydrogen-bond donors (Lipinski definition) is 1. The van der Waals surface area contributed by atoms with Gasteiger partial charge in [-0.3, -0.25) is 4.79 Å². The molecule has 0 aliphatic carbocycles. The van der Waals surface area contributed by atoms with Gasteiger partial charge in [-0.2, -0.15) is 13.2 Å². The van der Waals surface area contributed by atoms with Crippen LogP contribution in [0.4, 0.5) is 24.5 Å². The maximum atomic E-state index is 12.9. The average Bonchev–Trinajstić information content (AvgIpc) is 2.89. The van der Waals surface area contributed by atoms with E-state index in [1.165, 1.54) is 18.2 Å². The third kappa shape index (κ3) is 4.41. The number of carbonyl (C=O) groups is 1. The molecule has 2 rings (SSSR count). The molecule has 1 aromatic carbocycles. The zero-order valence-corrected chi connectivity index (χ0v) is 13.4. The first-order valence-electron chi connectivity index (χ1n) is 7.11. The smallest absolute Gasteiger partial charge is 0.416 e. The van der Waals surface area contributed by atoms with Crippen LogP contribution >= 0.6 is 0 Å². The molecule has 0 aliphatic heterocycles. The molecule has 4 nitrogen and oxygen atoms in total. The Morgan fingerprint density at radius 2 is 1.92 bits per heavy atom. The number of benzene rings is 1. The van der Waals surface area contributed by atoms with Crippen LogP contribution in [0.1, 0.15) is 17.1 Å². The Hall–Kier alpha value is -2.70. The van der Waals surface area contributed by atoms with Gasteiger partial charge in [-0.15, -0.1) is 0 Å². The number of furan rings is 1. The first-order chi connectivity index (χ1) is 11.2. The molecule has 0 saturated carbocycles. The lowest BCUT2D eigenvalue weighted by Gasteiger charge is -2.19. The number of amides is 1. The van der Waals surface area contributed by atoms with Crippen molar-refractivity contribution in [2.45, 2.75) is 13.1 Å². The fourth-order valence-electron chi connectivity index (χ4n) is 2.08. The molecular weight excluding hydrogens is 321 g/mol. The summed E-state index contributed by atoms with van der Waals surface area (Å²) < 4.78 is 43.9. The minimum Gasteiger partial charge on any atom is -0.462 e. The van der Waals surface area contributed by atoms with Crippen molar-refractivity contribution >= 4 is 23.4 Å². The summed E-state index contributed by atoms with van der Waals surface area (Å²) in [6.45, 7) is 1.77. The van der Waals surface area contributed by atoms with Crippen LogP contribution < -0.4 is 10.2 Å². The molecule has 0 unspecified atom stereocenters. The van der Waals surface area contributed by atoms with Crippen molar-refractivity contribution < 1.29 is 22.4 Å². The third-order valence-electron chi connectivity index (χ3n) is 3.22. The maximum Gasteiger partial charge on any atom is 0.416 e. The van der Waals surface area contributed by atoms with E-state index in [1.54, 1.807) is 38.1 Å². The molecule has 1 aromatic heterocycles. The molecule has 2 aromatic rings. The van der Waals surface area contributed by atoms with Crippen molar-refractivity contribution in [3.63, 3.8) is 0 Å². The summed E-state index contributed by atoms with van der Waals surface area (Å²) in [6.07, 6.45) is -1.82. The van der Waals surface area contributed by atoms with Crippen molar-refractivity contribution in [2.24, 2.45) is 0 Å². The first kappa shape index (κ1) is 17.7. The molecule has 0 atom stereocenters. The lowest BCUT2D eigenvalue weighted by molar-refractivity contribution is -0.137. The summed E-state index contributed by atoms with van der Waals surface area (Å²) in [5.41, 5.74) is -0.271. The number of nitrogens with zero attached hydrogens (tertiary/aromatic N) is 1. The summed E-state index contributed by atoms with van der Waals surface area (Å²) in [4.78, 5) is 13.6. The van der Waals surface area contributed by atoms with Crippen molar-refractivity contribution in [1.82, 2.24) is 0 Å². The van der Waals surface area contributed by atoms with Crippen molar-refractivity contribution in [1.29, 1.82) is 0 Å². The van der Waals surface area contributed by atoms with E-state index in [4.69, 9.17) is 4.42 Å². The number of anilines is 2. The highest BCUT2D eigenvalue weighted by atomic mass is 19.4. The van der Waals surface area contributed by atoms with Gasteiger partial charge in [0.05, 0.1) is 16.9 Å². The van der Waals surface area contributed by atoms with E-state index in [-0.39, 0.29) is 5.69 Å². The Balaban J connectivity index is 2.23. The van der Waals surface area contributed by atoms with Gasteiger partial charge in [-0.1, -0.05) is 0 Å². The second-order valence-corrected chi connectivity index (χ2v) is 5.40. The Morgan fingerprint density at radius 3 is 2.46 bits per heavy atom. The lowest BCUT2D eigenvalue weighted by atomic mass is 10.1. The van der Waals surface area contributed by atoms with Gasteiger partial charge in [0.25, 0.3) is 0 Å². The molecule has 0 bridgehead atoms. The monoisotopic (exact) mass is 338 g/mol. The Labute approximate surface area is 137 Å². The number of carbonyl (C=O) groups excluding carboxylic acids is 1. The highest BCUT2D eigenvalue weighted by molar-refractivity contribution is 6.03. The van der Waals surface area contributed by atoms with Crippen LogP contribution in [0.25, 0.3) is 6.08 Å². The molecule has 1 N–H and O–H groups in total. The number of halogens is 3. The lowest BCUT2D eigenvalue weighted by Crippen LogP contribution is -2.16. The van der Waals surface area contributed by atoms with Gasteiger partial charge in [0.2, 0.25) is 5.91 Å². The van der Waals surface area contributed by atoms with E-state index in [9.17, 15) is 18.0 Å². The van der Waals surface area contributed by atoms with Crippen LogP contribution in [-0.2, 0) is 11.0 Å². The van der Waals surface area contributed by atoms with Gasteiger partial charge in [0.15, 0.2) is 0 Å². The largest absolute Gasteiger partial charge is 0.462 e. The molecule has 7 heteroatoms. The van der Waals surface area contributed by atoms with E-state index >= 15 is 0 Å². The van der Waals surface area contributed by atoms with Gasteiger partial charge in [-0.25, -0.2) is 0 Å². The number of hydrogen-bond acceptors (Lipinski definition) is 3. The zero-order valence-electron chi connectivity index (χ0n) is 13.4. The molecule has 128 valence electrons. The van der Waals surface area contributed by atoms with E-state index in [2.05, 4.69) is 5.32 Å². The van der Waals surface area contributed by atoms with Crippen LogP contribution in [0.5, 0.6) is 0 Å². The maximum absolute atomic E-state index is 12.9. The SMILES string of the molecule is Cc1ccc(/C=C/C(=O)Nc2cc(C(F)(F)F)ccc2N(C)C)o1. The standard InChI is InChI=1S/C17H17F3N2O2/c1-11-4-6-13(24-11)7-9-16(23)21-14-10-12(17(18,19)20)5-8-15(14)22(2)3/h4-10H,1-3H3,(H,21,23)/b9-7+. The van der Waals surface area contributed by atoms with Crippen molar-refractivity contribution in [3.05, 3.63) is 53.5 Å². The summed E-state index contributed by atoms with van der Waals surface area (Å²) in [5.74, 6) is 0.633. The topological polar surface area (TPSA) is 45.5 Å². The van der Waals surface area contributed by atoms with Gasteiger partial charge >= 0.3 is 6.18 Å². The third-order valence-corrected chi connectivity index (χ3v) is 3.22. The van der Waals surface area contributed by atoms with Gasteiger partial charge in [0.1, 0.15) is 11.5 Å². The second kappa shape index (κ2) is 6.82. The van der Waals surface area contributed by atoms with E-state index in [0.717, 1.165) is 12.1 Å². The minimum absolute atomic E-state index is 0.0834. The van der Waals surface area contributed by atoms with Crippen LogP contribution in [0.2, 0.25) is 0 Å². The summed E-state index contributed by atoms with van der Waals surface area (Å²) >= 11 is 0. The zero-order chi connectivity index (χ0) is 17.9. The van der Waals surface area contributed by atoms with Crippen molar-refractivity contribution in [3.8, 4) is 0 Å². The van der Waals surface area contributed by atoms with Gasteiger partial charge in [0, 0.05) is 20.2 Å². The van der Waals surface area contributed by atoms with E-state index in [0.29, 0.717) is 17.2 Å². The fourth-order valence-corrected chi connectivity index (χ4v) is 2.08. The molecule has 24 heavy (non-hydrogen) atoms. The molecule has 0 saturated heterocycles. The quantitative estimate of drug-likeness (QED) is 0.844. The molecular formula is C17H17F3N2O2. The van der Waals surface area contributed by atoms with E-state index in [1.807, 2.05) is 0 Å². The Morgan fingerprint density at radius 1 is 1.21 bits per heavy atom. The molecule has 1 heterocycles. The Kier molecular flexibility index (Phi) is 5.02. The predicted molar refractivity (Wildman–Crippen MR) is 86.9 cm³/mol. The first-order valence-corrected chi connectivity index (χ1v) is 7.11. The summed E-state index contributed by atoms with van der Waals surface area (Å²) in [6, 6.07) is 6.64. The van der Waals surface area contributed by atoms with Gasteiger partial charge < -0.3 is 14.6 Å². The normalized spacial score (nSPS) is 11.8. The highest BCUT2D eigenvalue weighted by Crippen LogP contribution is 2.34. The predicted octanol–water partition coefficient (Wildman–Crippen LogP) is 4.32. The second-order valence-electron chi connectivity index (χ2n) is 5.40. The van der Waals surface area contributed by atoms with E-state index < -0.39 is 17.6 Å². The number of alkyl halides is 3. The summed E-state index contributed by atoms with van der Waals surface area (Å²) in [7, 11) is 3.36. The van der Waals surface area contributed by atoms with Gasteiger partial charge in [-0.05, 0) is 43.3 Å². The molecule has 0 spiro atoms. The van der Waals surface area contributed by atoms with Crippen LogP contribution in [0.3, 0.4) is 0 Å². The number of aryl methyl sites for hydroxylation is 1. The number of nitrogens with one attached hydrogen (secondary N) is 1. The molecule has 1 amide bonds. The minimum atomic E-state index is -4.48. The molecule has 0 radical (unpaired) electrons. The Bertz CT molecular complexity index is 761. The average molecular weight is 338 g/mol. The van der Waals surface area contributed by atoms with Crippen LogP contribution in [-0.4, -0.2) is 20.0 Å². The van der Waals surface area contributed by atoms with Crippen LogP contribution in [0.15, 0.2) is 40.8 Å². The van der Waals surface area contributed by atoms with Crippen LogP contribution in [0, 0.1) is 6.92 Å².